The summed E-state index contributed by atoms with van der Waals surface area (Å²) < 4.78 is 0. The molecule has 2 amide bonds. The molecule has 0 bridgehead atoms. The van der Waals surface area contributed by atoms with E-state index in [4.69, 9.17) is 0 Å². The lowest BCUT2D eigenvalue weighted by Crippen LogP contribution is -2.29. The Morgan fingerprint density at radius 1 is 0.870 bits per heavy atom. The van der Waals surface area contributed by atoms with Crippen molar-refractivity contribution in [3.05, 3.63) is 64.7 Å². The molecule has 1 aliphatic rings. The molecule has 0 aromatic heterocycles. The average molecular weight is 308 g/mol. The number of amides is 2. The van der Waals surface area contributed by atoms with Gasteiger partial charge in [0.15, 0.2) is 5.78 Å². The van der Waals surface area contributed by atoms with Crippen molar-refractivity contribution in [2.24, 2.45) is 0 Å². The summed E-state index contributed by atoms with van der Waals surface area (Å²) in [4.78, 5) is 47.9. The number of carboxylic acid groups (broad SMARTS) is 1. The molecule has 6 heteroatoms. The number of rotatable bonds is 3. The lowest BCUT2D eigenvalue weighted by Gasteiger charge is -2.13. The quantitative estimate of drug-likeness (QED) is 0.624. The van der Waals surface area contributed by atoms with Gasteiger partial charge in [0.25, 0.3) is 11.8 Å². The van der Waals surface area contributed by atoms with Crippen LogP contribution in [0.1, 0.15) is 48.4 Å². The van der Waals surface area contributed by atoms with Crippen LogP contribution in [-0.4, -0.2) is 23.6 Å². The molecule has 23 heavy (non-hydrogen) atoms. The van der Waals surface area contributed by atoms with Gasteiger partial charge in [-0.1, -0.05) is 6.07 Å². The van der Waals surface area contributed by atoms with Crippen molar-refractivity contribution < 1.29 is 24.3 Å². The summed E-state index contributed by atoms with van der Waals surface area (Å²) in [5.74, 6) is -2.69. The lowest BCUT2D eigenvalue weighted by atomic mass is 10.1. The summed E-state index contributed by atoms with van der Waals surface area (Å²) in [6.07, 6.45) is 0. The highest BCUT2D eigenvalue weighted by atomic mass is 16.4. The number of carbonyl (C=O) groups is 4. The fourth-order valence-electron chi connectivity index (χ4n) is 2.45. The Bertz CT molecular complexity index is 867. The first-order valence-electron chi connectivity index (χ1n) is 6.75. The molecule has 1 aliphatic heterocycles. The zero-order valence-corrected chi connectivity index (χ0v) is 12.0. The van der Waals surface area contributed by atoms with Crippen LogP contribution in [0.25, 0.3) is 0 Å². The molecular formula is C17H10NO5-. The minimum atomic E-state index is -1.42. The van der Waals surface area contributed by atoms with Crippen LogP contribution in [0.2, 0.25) is 0 Å². The first-order valence-corrected chi connectivity index (χ1v) is 6.75. The number of aromatic carboxylic acids is 1. The van der Waals surface area contributed by atoms with Crippen LogP contribution in [0.15, 0.2) is 42.5 Å². The largest absolute Gasteiger partial charge is 0.545 e. The number of hydrogen-bond acceptors (Lipinski definition) is 5. The summed E-state index contributed by atoms with van der Waals surface area (Å²) in [5.41, 5.74) is 0.766. The predicted molar refractivity (Wildman–Crippen MR) is 78.4 cm³/mol. The highest BCUT2D eigenvalue weighted by Crippen LogP contribution is 2.29. The molecule has 1 heterocycles. The van der Waals surface area contributed by atoms with Crippen molar-refractivity contribution in [3.63, 3.8) is 0 Å². The predicted octanol–water partition coefficient (Wildman–Crippen LogP) is 1.05. The van der Waals surface area contributed by atoms with E-state index >= 15 is 0 Å². The molecule has 0 fully saturated rings. The van der Waals surface area contributed by atoms with Crippen LogP contribution in [-0.2, 0) is 0 Å². The Kier molecular flexibility index (Phi) is 3.29. The first-order chi connectivity index (χ1) is 10.9. The van der Waals surface area contributed by atoms with Gasteiger partial charge in [0.05, 0.1) is 22.8 Å². The summed E-state index contributed by atoms with van der Waals surface area (Å²) in [6, 6.07) is 9.69. The molecule has 114 valence electrons. The fourth-order valence-corrected chi connectivity index (χ4v) is 2.45. The maximum atomic E-state index is 12.4. The molecule has 6 nitrogen and oxygen atoms in total. The van der Waals surface area contributed by atoms with Gasteiger partial charge in [-0.2, -0.15) is 0 Å². The van der Waals surface area contributed by atoms with E-state index in [0.29, 0.717) is 11.3 Å². The fraction of sp³-hybridized carbons (Fsp3) is 0.0588. The number of carbonyl (C=O) groups excluding carboxylic acids is 4. The zero-order valence-electron chi connectivity index (χ0n) is 12.0. The highest BCUT2D eigenvalue weighted by Gasteiger charge is 2.36. The number of benzene rings is 2. The van der Waals surface area contributed by atoms with Crippen LogP contribution in [0, 0.1) is 0 Å². The number of carboxylic acids is 1. The summed E-state index contributed by atoms with van der Waals surface area (Å²) in [5, 5.41) is 10.9. The van der Waals surface area contributed by atoms with Gasteiger partial charge in [-0.25, -0.2) is 4.90 Å². The van der Waals surface area contributed by atoms with Crippen LogP contribution in [0.5, 0.6) is 0 Å². The lowest BCUT2D eigenvalue weighted by molar-refractivity contribution is -0.255. The molecule has 0 radical (unpaired) electrons. The molecule has 0 spiro atoms. The Morgan fingerprint density at radius 2 is 1.43 bits per heavy atom. The van der Waals surface area contributed by atoms with Crippen molar-refractivity contribution in [2.45, 2.75) is 6.92 Å². The van der Waals surface area contributed by atoms with Crippen molar-refractivity contribution in [1.82, 2.24) is 0 Å². The third-order valence-electron chi connectivity index (χ3n) is 3.65. The first kappa shape index (κ1) is 14.6. The Labute approximate surface area is 131 Å². The number of anilines is 1. The van der Waals surface area contributed by atoms with Gasteiger partial charge in [-0.15, -0.1) is 0 Å². The second-order valence-corrected chi connectivity index (χ2v) is 5.10. The van der Waals surface area contributed by atoms with E-state index in [-0.39, 0.29) is 22.5 Å². The minimum Gasteiger partial charge on any atom is -0.545 e. The minimum absolute atomic E-state index is 0.0207. The van der Waals surface area contributed by atoms with Gasteiger partial charge in [0.2, 0.25) is 0 Å². The van der Waals surface area contributed by atoms with Crippen molar-refractivity contribution in [1.29, 1.82) is 0 Å². The molecule has 3 rings (SSSR count). The van der Waals surface area contributed by atoms with Crippen molar-refractivity contribution >= 4 is 29.3 Å². The van der Waals surface area contributed by atoms with Gasteiger partial charge >= 0.3 is 0 Å². The van der Waals surface area contributed by atoms with E-state index in [9.17, 15) is 24.3 Å². The second kappa shape index (κ2) is 5.17. The van der Waals surface area contributed by atoms with Gasteiger partial charge < -0.3 is 9.90 Å². The molecule has 0 atom stereocenters. The molecule has 0 unspecified atom stereocenters. The Balaban J connectivity index is 2.02. The number of Topliss-reactive ketones (excluding diaryl/α,β-unsaturated/α-hetero) is 1. The molecule has 2 aromatic rings. The third kappa shape index (κ3) is 2.30. The van der Waals surface area contributed by atoms with Gasteiger partial charge in [-0.3, -0.25) is 14.4 Å². The van der Waals surface area contributed by atoms with Crippen LogP contribution >= 0.6 is 0 Å². The monoisotopic (exact) mass is 308 g/mol. The Hall–Kier alpha value is -3.28. The number of hydrogen-bond donors (Lipinski definition) is 0. The molecule has 0 saturated heterocycles. The summed E-state index contributed by atoms with van der Waals surface area (Å²) in [6.45, 7) is 1.42. The number of fused-ring (bicyclic) bond motifs is 1. The molecular weight excluding hydrogens is 298 g/mol. The standard InChI is InChI=1S/C17H11NO5/c1-9(19)10-2-5-12(6-3-10)18-15(20)13-7-4-11(17(22)23)8-14(13)16(18)21/h2-8H,1H3,(H,22,23)/p-1. The van der Waals surface area contributed by atoms with E-state index in [1.54, 1.807) is 0 Å². The molecule has 2 aromatic carbocycles. The van der Waals surface area contributed by atoms with Crippen LogP contribution < -0.4 is 10.0 Å². The van der Waals surface area contributed by atoms with Gasteiger partial charge in [-0.05, 0) is 48.9 Å². The van der Waals surface area contributed by atoms with Gasteiger partial charge in [0, 0.05) is 5.56 Å². The maximum Gasteiger partial charge on any atom is 0.266 e. The van der Waals surface area contributed by atoms with Crippen molar-refractivity contribution in [3.8, 4) is 0 Å². The van der Waals surface area contributed by atoms with Crippen molar-refractivity contribution in [2.75, 3.05) is 4.90 Å². The maximum absolute atomic E-state index is 12.4. The van der Waals surface area contributed by atoms with E-state index in [0.717, 1.165) is 11.0 Å². The van der Waals surface area contributed by atoms with E-state index in [2.05, 4.69) is 0 Å². The number of ketones is 1. The highest BCUT2D eigenvalue weighted by molar-refractivity contribution is 6.34. The molecule has 0 aliphatic carbocycles. The Morgan fingerprint density at radius 3 is 2.00 bits per heavy atom. The zero-order chi connectivity index (χ0) is 16.7. The van der Waals surface area contributed by atoms with Crippen LogP contribution in [0.3, 0.4) is 0 Å². The number of imide groups is 1. The van der Waals surface area contributed by atoms with E-state index in [1.807, 2.05) is 0 Å². The topological polar surface area (TPSA) is 94.6 Å². The van der Waals surface area contributed by atoms with Gasteiger partial charge in [0.1, 0.15) is 0 Å². The SMILES string of the molecule is CC(=O)c1ccc(N2C(=O)c3ccc(C(=O)[O-])cc3C2=O)cc1. The average Bonchev–Trinajstić information content (AvgIpc) is 2.78. The normalized spacial score (nSPS) is 13.2. The van der Waals surface area contributed by atoms with E-state index in [1.165, 1.54) is 43.3 Å². The smallest absolute Gasteiger partial charge is 0.266 e. The second-order valence-electron chi connectivity index (χ2n) is 5.10. The van der Waals surface area contributed by atoms with E-state index < -0.39 is 17.8 Å². The summed E-state index contributed by atoms with van der Waals surface area (Å²) >= 11 is 0. The van der Waals surface area contributed by atoms with Crippen LogP contribution in [0.4, 0.5) is 5.69 Å². The summed E-state index contributed by atoms with van der Waals surface area (Å²) in [7, 11) is 0. The number of nitrogens with zero attached hydrogens (tertiary/aromatic N) is 1. The molecule has 0 saturated carbocycles. The third-order valence-corrected chi connectivity index (χ3v) is 3.65. The molecule has 0 N–H and O–H groups in total.